The molecule has 116 valence electrons. The number of ether oxygens (including phenoxy) is 1. The number of hydrogen-bond donors (Lipinski definition) is 1. The van der Waals surface area contributed by atoms with Crippen molar-refractivity contribution in [3.8, 4) is 0 Å². The first-order valence-electron chi connectivity index (χ1n) is 7.34. The normalized spacial score (nSPS) is 22.3. The number of carboxylic acid groups (broad SMARTS) is 1. The Balaban J connectivity index is 2.16. The molecular formula is C15H23N3O3. The van der Waals surface area contributed by atoms with E-state index in [0.717, 1.165) is 30.9 Å². The van der Waals surface area contributed by atoms with Crippen LogP contribution < -0.4 is 4.90 Å². The molecule has 1 fully saturated rings. The number of methoxy groups -OCH3 is 1. The van der Waals surface area contributed by atoms with Crippen LogP contribution in [0.1, 0.15) is 31.4 Å². The molecule has 0 saturated carbocycles. The van der Waals surface area contributed by atoms with Gasteiger partial charge in [-0.15, -0.1) is 0 Å². The average Bonchev–Trinajstić information content (AvgIpc) is 2.48. The molecule has 6 heteroatoms. The van der Waals surface area contributed by atoms with Crippen molar-refractivity contribution in [2.45, 2.75) is 32.6 Å². The van der Waals surface area contributed by atoms with E-state index < -0.39 is 11.4 Å². The Hall–Kier alpha value is -1.69. The van der Waals surface area contributed by atoms with E-state index in [1.54, 1.807) is 19.5 Å². The second-order valence-corrected chi connectivity index (χ2v) is 5.67. The number of carbonyl (C=O) groups is 1. The van der Waals surface area contributed by atoms with Crippen molar-refractivity contribution in [1.82, 2.24) is 9.97 Å². The van der Waals surface area contributed by atoms with Crippen LogP contribution in [0.25, 0.3) is 0 Å². The van der Waals surface area contributed by atoms with E-state index in [0.29, 0.717) is 26.0 Å². The van der Waals surface area contributed by atoms with Gasteiger partial charge in [-0.05, 0) is 32.6 Å². The van der Waals surface area contributed by atoms with E-state index in [1.165, 1.54) is 0 Å². The lowest BCUT2D eigenvalue weighted by atomic mass is 9.76. The number of aryl methyl sites for hydroxylation is 1. The predicted molar refractivity (Wildman–Crippen MR) is 79.4 cm³/mol. The molecule has 1 aromatic rings. The Labute approximate surface area is 125 Å². The minimum Gasteiger partial charge on any atom is -0.481 e. The van der Waals surface area contributed by atoms with Crippen molar-refractivity contribution < 1.29 is 14.6 Å². The summed E-state index contributed by atoms with van der Waals surface area (Å²) in [6, 6.07) is 0. The van der Waals surface area contributed by atoms with Crippen molar-refractivity contribution in [2.75, 3.05) is 31.7 Å². The fourth-order valence-corrected chi connectivity index (χ4v) is 3.06. The van der Waals surface area contributed by atoms with E-state index in [2.05, 4.69) is 14.9 Å². The summed E-state index contributed by atoms with van der Waals surface area (Å²) in [5.74, 6) is 0.0828. The quantitative estimate of drug-likeness (QED) is 0.807. The van der Waals surface area contributed by atoms with Crippen molar-refractivity contribution in [2.24, 2.45) is 5.41 Å². The Morgan fingerprint density at radius 3 is 2.90 bits per heavy atom. The van der Waals surface area contributed by atoms with Gasteiger partial charge in [0.25, 0.3) is 0 Å². The van der Waals surface area contributed by atoms with Gasteiger partial charge in [0.15, 0.2) is 0 Å². The molecule has 0 bridgehead atoms. The minimum atomic E-state index is -0.718. The second kappa shape index (κ2) is 6.85. The highest BCUT2D eigenvalue weighted by atomic mass is 16.5. The van der Waals surface area contributed by atoms with E-state index in [1.807, 2.05) is 6.92 Å². The van der Waals surface area contributed by atoms with E-state index in [9.17, 15) is 9.90 Å². The molecule has 0 radical (unpaired) electrons. The van der Waals surface area contributed by atoms with Crippen LogP contribution in [0.4, 0.5) is 5.82 Å². The van der Waals surface area contributed by atoms with Crippen molar-refractivity contribution in [3.05, 3.63) is 18.1 Å². The Bertz CT molecular complexity index is 495. The highest BCUT2D eigenvalue weighted by Crippen LogP contribution is 2.36. The maximum atomic E-state index is 11.8. The molecule has 2 heterocycles. The average molecular weight is 293 g/mol. The van der Waals surface area contributed by atoms with Crippen molar-refractivity contribution >= 4 is 11.8 Å². The van der Waals surface area contributed by atoms with Crippen LogP contribution in [0.5, 0.6) is 0 Å². The number of carboxylic acids is 1. The maximum Gasteiger partial charge on any atom is 0.311 e. The van der Waals surface area contributed by atoms with Gasteiger partial charge < -0.3 is 14.7 Å². The molecule has 0 spiro atoms. The SMILES string of the molecule is COCCC[C@@]1(C(=O)O)CCCN(c2nccnc2C)C1. The molecule has 1 aromatic heterocycles. The predicted octanol–water partition coefficient (Wildman–Crippen LogP) is 1.88. The molecule has 0 aliphatic carbocycles. The molecule has 1 N–H and O–H groups in total. The summed E-state index contributed by atoms with van der Waals surface area (Å²) in [5.41, 5.74) is 0.136. The zero-order valence-electron chi connectivity index (χ0n) is 12.7. The lowest BCUT2D eigenvalue weighted by Crippen LogP contribution is -2.48. The van der Waals surface area contributed by atoms with Gasteiger partial charge in [-0.1, -0.05) is 0 Å². The van der Waals surface area contributed by atoms with Crippen LogP contribution in [0, 0.1) is 12.3 Å². The number of piperidine rings is 1. The second-order valence-electron chi connectivity index (χ2n) is 5.67. The summed E-state index contributed by atoms with van der Waals surface area (Å²) in [5, 5.41) is 9.72. The molecule has 0 aromatic carbocycles. The van der Waals surface area contributed by atoms with Crippen LogP contribution in [0.15, 0.2) is 12.4 Å². The zero-order chi connectivity index (χ0) is 15.3. The third-order valence-electron chi connectivity index (χ3n) is 4.19. The minimum absolute atomic E-state index is 0.492. The van der Waals surface area contributed by atoms with Gasteiger partial charge in [0.1, 0.15) is 5.82 Å². The molecule has 21 heavy (non-hydrogen) atoms. The molecule has 0 amide bonds. The fraction of sp³-hybridized carbons (Fsp3) is 0.667. The molecular weight excluding hydrogens is 270 g/mol. The van der Waals surface area contributed by atoms with Crippen LogP contribution in [-0.2, 0) is 9.53 Å². The summed E-state index contributed by atoms with van der Waals surface area (Å²) in [4.78, 5) is 22.5. The smallest absolute Gasteiger partial charge is 0.311 e. The van der Waals surface area contributed by atoms with Gasteiger partial charge in [-0.3, -0.25) is 9.78 Å². The van der Waals surface area contributed by atoms with E-state index >= 15 is 0 Å². The first kappa shape index (κ1) is 15.7. The number of anilines is 1. The molecule has 1 aliphatic heterocycles. The molecule has 6 nitrogen and oxygen atoms in total. The fourth-order valence-electron chi connectivity index (χ4n) is 3.06. The van der Waals surface area contributed by atoms with Crippen molar-refractivity contribution in [3.63, 3.8) is 0 Å². The lowest BCUT2D eigenvalue weighted by Gasteiger charge is -2.40. The first-order chi connectivity index (χ1) is 10.1. The number of aliphatic carboxylic acids is 1. The number of aromatic nitrogens is 2. The third-order valence-corrected chi connectivity index (χ3v) is 4.19. The number of rotatable bonds is 6. The van der Waals surface area contributed by atoms with Crippen LogP contribution >= 0.6 is 0 Å². The highest BCUT2D eigenvalue weighted by molar-refractivity contribution is 5.76. The Kier molecular flexibility index (Phi) is 5.12. The van der Waals surface area contributed by atoms with Crippen LogP contribution in [0.3, 0.4) is 0 Å². The summed E-state index contributed by atoms with van der Waals surface area (Å²) < 4.78 is 5.06. The molecule has 1 saturated heterocycles. The van der Waals surface area contributed by atoms with Gasteiger partial charge in [0.2, 0.25) is 0 Å². The summed E-state index contributed by atoms with van der Waals surface area (Å²) in [6.45, 7) is 3.83. The van der Waals surface area contributed by atoms with Crippen LogP contribution in [0.2, 0.25) is 0 Å². The summed E-state index contributed by atoms with van der Waals surface area (Å²) >= 11 is 0. The van der Waals surface area contributed by atoms with E-state index in [4.69, 9.17) is 4.74 Å². The zero-order valence-corrected chi connectivity index (χ0v) is 12.7. The van der Waals surface area contributed by atoms with E-state index in [-0.39, 0.29) is 0 Å². The summed E-state index contributed by atoms with van der Waals surface area (Å²) in [6.07, 6.45) is 6.27. The maximum absolute atomic E-state index is 11.8. The Morgan fingerprint density at radius 2 is 2.24 bits per heavy atom. The monoisotopic (exact) mass is 293 g/mol. The lowest BCUT2D eigenvalue weighted by molar-refractivity contribution is -0.150. The van der Waals surface area contributed by atoms with Crippen molar-refractivity contribution in [1.29, 1.82) is 0 Å². The number of hydrogen-bond acceptors (Lipinski definition) is 5. The molecule has 1 atom stereocenters. The van der Waals surface area contributed by atoms with Gasteiger partial charge in [0.05, 0.1) is 11.1 Å². The highest BCUT2D eigenvalue weighted by Gasteiger charge is 2.42. The van der Waals surface area contributed by atoms with Gasteiger partial charge in [-0.2, -0.15) is 0 Å². The topological polar surface area (TPSA) is 75.6 Å². The summed E-state index contributed by atoms with van der Waals surface area (Å²) in [7, 11) is 1.64. The van der Waals surface area contributed by atoms with Gasteiger partial charge in [0, 0.05) is 39.2 Å². The van der Waals surface area contributed by atoms with Crippen LogP contribution in [-0.4, -0.2) is 47.8 Å². The standard InChI is InChI=1S/C15H23N3O3/c1-12-13(17-8-7-16-12)18-9-3-5-15(11-18,14(19)20)6-4-10-21-2/h7-8H,3-6,9-11H2,1-2H3,(H,19,20)/t15-/m0/s1. The molecule has 0 unspecified atom stereocenters. The molecule has 1 aliphatic rings. The van der Waals surface area contributed by atoms with Gasteiger partial charge in [-0.25, -0.2) is 4.98 Å². The number of nitrogens with zero attached hydrogens (tertiary/aromatic N) is 3. The first-order valence-corrected chi connectivity index (χ1v) is 7.34. The third kappa shape index (κ3) is 3.50. The molecule has 2 rings (SSSR count). The largest absolute Gasteiger partial charge is 0.481 e. The van der Waals surface area contributed by atoms with Gasteiger partial charge >= 0.3 is 5.97 Å². The Morgan fingerprint density at radius 1 is 1.48 bits per heavy atom.